The molecular formula is C21H25N3OS. The van der Waals surface area contributed by atoms with Gasteiger partial charge in [-0.3, -0.25) is 4.90 Å². The minimum atomic E-state index is 0.0510. The first-order valence-corrected chi connectivity index (χ1v) is 10.1. The highest BCUT2D eigenvalue weighted by molar-refractivity contribution is 7.07. The quantitative estimate of drug-likeness (QED) is 0.721. The lowest BCUT2D eigenvalue weighted by Crippen LogP contribution is -2.28. The summed E-state index contributed by atoms with van der Waals surface area (Å²) in [6, 6.07) is 8.65. The van der Waals surface area contributed by atoms with Gasteiger partial charge in [0.05, 0.1) is 5.69 Å². The predicted octanol–water partition coefficient (Wildman–Crippen LogP) is 4.79. The fraction of sp³-hybridized carbons (Fsp3) is 0.381. The molecular weight excluding hydrogens is 342 g/mol. The zero-order valence-electron chi connectivity index (χ0n) is 15.6. The van der Waals surface area contributed by atoms with Crippen LogP contribution in [0.15, 0.2) is 35.0 Å². The summed E-state index contributed by atoms with van der Waals surface area (Å²) in [6.07, 6.45) is 0.985. The van der Waals surface area contributed by atoms with Crippen molar-refractivity contribution in [3.8, 4) is 5.75 Å². The summed E-state index contributed by atoms with van der Waals surface area (Å²) in [4.78, 5) is 10.6. The van der Waals surface area contributed by atoms with Gasteiger partial charge in [0.1, 0.15) is 17.7 Å². The van der Waals surface area contributed by atoms with Crippen molar-refractivity contribution in [1.29, 1.82) is 0 Å². The number of nitrogens with zero attached hydrogens (tertiary/aromatic N) is 2. The van der Waals surface area contributed by atoms with Crippen LogP contribution in [-0.2, 0) is 19.5 Å². The van der Waals surface area contributed by atoms with E-state index < -0.39 is 0 Å². The number of thiophene rings is 1. The Labute approximate surface area is 158 Å². The molecule has 5 heteroatoms. The maximum Gasteiger partial charge on any atom is 0.137 e. The van der Waals surface area contributed by atoms with Gasteiger partial charge in [-0.15, -0.1) is 0 Å². The number of hydrogen-bond donors (Lipinski definition) is 1. The van der Waals surface area contributed by atoms with Gasteiger partial charge in [0, 0.05) is 42.9 Å². The van der Waals surface area contributed by atoms with Crippen LogP contribution in [0.2, 0.25) is 0 Å². The van der Waals surface area contributed by atoms with Crippen LogP contribution in [0.4, 0.5) is 0 Å². The van der Waals surface area contributed by atoms with Crippen LogP contribution in [0.5, 0.6) is 5.75 Å². The Morgan fingerprint density at radius 2 is 2.19 bits per heavy atom. The molecule has 1 aliphatic rings. The normalized spacial score (nSPS) is 17.6. The summed E-state index contributed by atoms with van der Waals surface area (Å²) in [5.41, 5.74) is 6.09. The van der Waals surface area contributed by atoms with E-state index in [-0.39, 0.29) is 6.10 Å². The van der Waals surface area contributed by atoms with Gasteiger partial charge in [-0.2, -0.15) is 11.3 Å². The SMILES string of the molecule is CCc1nc(CN2Cc3cc(C)ccc3OC(c3ccsc3)C2)c(C)[nH]1. The van der Waals surface area contributed by atoms with E-state index in [9.17, 15) is 0 Å². The van der Waals surface area contributed by atoms with Crippen LogP contribution in [-0.4, -0.2) is 21.4 Å². The number of H-pyrrole nitrogens is 1. The second-order valence-corrected chi connectivity index (χ2v) is 7.83. The lowest BCUT2D eigenvalue weighted by atomic mass is 10.1. The summed E-state index contributed by atoms with van der Waals surface area (Å²) in [7, 11) is 0. The molecule has 3 aromatic rings. The highest BCUT2D eigenvalue weighted by atomic mass is 32.1. The van der Waals surface area contributed by atoms with Crippen LogP contribution in [0, 0.1) is 13.8 Å². The van der Waals surface area contributed by atoms with E-state index in [0.717, 1.165) is 43.3 Å². The van der Waals surface area contributed by atoms with Gasteiger partial charge in [-0.1, -0.05) is 24.6 Å². The Hall–Kier alpha value is -2.11. The smallest absolute Gasteiger partial charge is 0.137 e. The molecule has 26 heavy (non-hydrogen) atoms. The molecule has 136 valence electrons. The lowest BCUT2D eigenvalue weighted by molar-refractivity contribution is 0.143. The van der Waals surface area contributed by atoms with Gasteiger partial charge < -0.3 is 9.72 Å². The first kappa shape index (κ1) is 17.3. The summed E-state index contributed by atoms with van der Waals surface area (Å²) in [5, 5.41) is 4.31. The summed E-state index contributed by atoms with van der Waals surface area (Å²) < 4.78 is 6.42. The fourth-order valence-corrected chi connectivity index (χ4v) is 4.23. The lowest BCUT2D eigenvalue weighted by Gasteiger charge is -2.23. The molecule has 1 unspecified atom stereocenters. The maximum absolute atomic E-state index is 6.42. The average Bonchev–Trinajstić information content (AvgIpc) is 3.23. The van der Waals surface area contributed by atoms with Crippen LogP contribution in [0.1, 0.15) is 46.9 Å². The first-order valence-electron chi connectivity index (χ1n) is 9.17. The molecule has 0 amide bonds. The molecule has 1 atom stereocenters. The molecule has 1 N–H and O–H groups in total. The van der Waals surface area contributed by atoms with Crippen molar-refractivity contribution in [2.45, 2.75) is 46.4 Å². The average molecular weight is 368 g/mol. The van der Waals surface area contributed by atoms with Crippen molar-refractivity contribution in [2.24, 2.45) is 0 Å². The number of benzene rings is 1. The minimum Gasteiger partial charge on any atom is -0.484 e. The van der Waals surface area contributed by atoms with Crippen LogP contribution in [0.25, 0.3) is 0 Å². The first-order chi connectivity index (χ1) is 12.6. The number of aryl methyl sites for hydroxylation is 3. The minimum absolute atomic E-state index is 0.0510. The molecule has 3 heterocycles. The van der Waals surface area contributed by atoms with E-state index in [2.05, 4.69) is 65.7 Å². The standard InChI is InChI=1S/C21H25N3OS/c1-4-21-22-15(3)18(23-21)11-24-10-17-9-14(2)5-6-19(17)25-20(12-24)16-7-8-26-13-16/h5-9,13,20H,4,10-12H2,1-3H3,(H,22,23). The van der Waals surface area contributed by atoms with Crippen LogP contribution in [0.3, 0.4) is 0 Å². The third kappa shape index (κ3) is 3.55. The summed E-state index contributed by atoms with van der Waals surface area (Å²) in [5.74, 6) is 2.07. The molecule has 0 saturated heterocycles. The Bertz CT molecular complexity index is 885. The van der Waals surface area contributed by atoms with Crippen molar-refractivity contribution >= 4 is 11.3 Å². The summed E-state index contributed by atoms with van der Waals surface area (Å²) in [6.45, 7) is 8.96. The molecule has 4 nitrogen and oxygen atoms in total. The second-order valence-electron chi connectivity index (χ2n) is 7.05. The number of aromatic amines is 1. The van der Waals surface area contributed by atoms with Crippen molar-refractivity contribution in [3.63, 3.8) is 0 Å². The predicted molar refractivity (Wildman–Crippen MR) is 106 cm³/mol. The van der Waals surface area contributed by atoms with Crippen molar-refractivity contribution < 1.29 is 4.74 Å². The van der Waals surface area contributed by atoms with Crippen molar-refractivity contribution in [1.82, 2.24) is 14.9 Å². The molecule has 0 bridgehead atoms. The van der Waals surface area contributed by atoms with Gasteiger partial charge in [0.2, 0.25) is 0 Å². The van der Waals surface area contributed by atoms with Crippen LogP contribution < -0.4 is 4.74 Å². The van der Waals surface area contributed by atoms with Gasteiger partial charge in [-0.25, -0.2) is 4.98 Å². The van der Waals surface area contributed by atoms with Crippen LogP contribution >= 0.6 is 11.3 Å². The highest BCUT2D eigenvalue weighted by Crippen LogP contribution is 2.33. The van der Waals surface area contributed by atoms with E-state index >= 15 is 0 Å². The molecule has 0 radical (unpaired) electrons. The monoisotopic (exact) mass is 367 g/mol. The maximum atomic E-state index is 6.42. The topological polar surface area (TPSA) is 41.2 Å². The van der Waals surface area contributed by atoms with E-state index in [0.29, 0.717) is 0 Å². The van der Waals surface area contributed by atoms with E-state index in [1.807, 2.05) is 0 Å². The fourth-order valence-electron chi connectivity index (χ4n) is 3.53. The van der Waals surface area contributed by atoms with E-state index in [4.69, 9.17) is 9.72 Å². The number of nitrogens with one attached hydrogen (secondary N) is 1. The van der Waals surface area contributed by atoms with Gasteiger partial charge in [-0.05, 0) is 36.7 Å². The Morgan fingerprint density at radius 3 is 2.92 bits per heavy atom. The highest BCUT2D eigenvalue weighted by Gasteiger charge is 2.25. The molecule has 0 saturated carbocycles. The third-order valence-corrected chi connectivity index (χ3v) is 5.66. The number of hydrogen-bond acceptors (Lipinski definition) is 4. The van der Waals surface area contributed by atoms with Crippen molar-refractivity contribution in [3.05, 3.63) is 68.9 Å². The molecule has 1 aromatic carbocycles. The number of fused-ring (bicyclic) bond motifs is 1. The van der Waals surface area contributed by atoms with E-state index in [1.54, 1.807) is 11.3 Å². The van der Waals surface area contributed by atoms with E-state index in [1.165, 1.54) is 22.4 Å². The molecule has 4 rings (SSSR count). The van der Waals surface area contributed by atoms with Gasteiger partial charge in [0.25, 0.3) is 0 Å². The summed E-state index contributed by atoms with van der Waals surface area (Å²) >= 11 is 1.72. The molecule has 0 fully saturated rings. The Morgan fingerprint density at radius 1 is 1.31 bits per heavy atom. The zero-order valence-corrected chi connectivity index (χ0v) is 16.4. The van der Waals surface area contributed by atoms with Crippen molar-refractivity contribution in [2.75, 3.05) is 6.54 Å². The Kier molecular flexibility index (Phi) is 4.83. The zero-order chi connectivity index (χ0) is 18.1. The number of ether oxygens (including phenoxy) is 1. The molecule has 0 aliphatic carbocycles. The molecule has 1 aliphatic heterocycles. The largest absolute Gasteiger partial charge is 0.484 e. The van der Waals surface area contributed by atoms with Gasteiger partial charge >= 0.3 is 0 Å². The van der Waals surface area contributed by atoms with Gasteiger partial charge in [0.15, 0.2) is 0 Å². The molecule has 2 aromatic heterocycles. The molecule has 0 spiro atoms. The number of aromatic nitrogens is 2. The Balaban J connectivity index is 1.65. The third-order valence-electron chi connectivity index (χ3n) is 4.96. The number of imidazole rings is 1. The number of rotatable bonds is 4. The second kappa shape index (κ2) is 7.25.